The Morgan fingerprint density at radius 2 is 1.94 bits per heavy atom. The van der Waals surface area contributed by atoms with E-state index in [0.717, 1.165) is 29.9 Å². The Balaban J connectivity index is 1.49. The number of benzene rings is 2. The van der Waals surface area contributed by atoms with Gasteiger partial charge < -0.3 is 15.0 Å². The van der Waals surface area contributed by atoms with Gasteiger partial charge in [0.25, 0.3) is 5.56 Å². The summed E-state index contributed by atoms with van der Waals surface area (Å²) in [4.78, 5) is 35.5. The molecule has 0 fully saturated rings. The number of halogens is 1. The molecule has 180 valence electrons. The van der Waals surface area contributed by atoms with Gasteiger partial charge in [0, 0.05) is 28.7 Å². The highest BCUT2D eigenvalue weighted by Gasteiger charge is 2.24. The molecule has 1 amide bonds. The molecule has 10 heteroatoms. The Morgan fingerprint density at radius 1 is 1.20 bits per heavy atom. The molecule has 0 spiro atoms. The lowest BCUT2D eigenvalue weighted by atomic mass is 10.1. The molecule has 1 N–H and O–H groups in total. The van der Waals surface area contributed by atoms with Crippen molar-refractivity contribution in [2.24, 2.45) is 0 Å². The first-order chi connectivity index (χ1) is 16.9. The SMILES string of the molecule is COc1ccc(NC(=O)CSc2nc3sc4c(c3c(=O)n2-c2ccc(Cl)cc2)CCN(C)C4)cc1. The summed E-state index contributed by atoms with van der Waals surface area (Å²) < 4.78 is 6.75. The van der Waals surface area contributed by atoms with E-state index in [-0.39, 0.29) is 17.2 Å². The number of methoxy groups -OCH3 is 1. The molecule has 2 aromatic heterocycles. The number of hydrogen-bond donors (Lipinski definition) is 1. The van der Waals surface area contributed by atoms with E-state index in [1.165, 1.54) is 16.6 Å². The number of nitrogens with one attached hydrogen (secondary N) is 1. The summed E-state index contributed by atoms with van der Waals surface area (Å²) in [7, 11) is 3.67. The van der Waals surface area contributed by atoms with Crippen LogP contribution < -0.4 is 15.6 Å². The summed E-state index contributed by atoms with van der Waals surface area (Å²) >= 11 is 8.89. The second-order valence-corrected chi connectivity index (χ2v) is 10.7. The second-order valence-electron chi connectivity index (χ2n) is 8.25. The summed E-state index contributed by atoms with van der Waals surface area (Å²) in [6.07, 6.45) is 0.820. The first-order valence-electron chi connectivity index (χ1n) is 11.0. The van der Waals surface area contributed by atoms with Crippen molar-refractivity contribution in [1.82, 2.24) is 14.5 Å². The Kier molecular flexibility index (Phi) is 6.84. The Hall–Kier alpha value is -2.85. The third-order valence-corrected chi connectivity index (χ3v) is 8.13. The van der Waals surface area contributed by atoms with E-state index in [0.29, 0.717) is 32.7 Å². The molecule has 0 bridgehead atoms. The zero-order valence-corrected chi connectivity index (χ0v) is 21.6. The largest absolute Gasteiger partial charge is 0.497 e. The molecule has 5 rings (SSSR count). The van der Waals surface area contributed by atoms with Gasteiger partial charge in [-0.15, -0.1) is 11.3 Å². The fourth-order valence-corrected chi connectivity index (χ4v) is 6.35. The third-order valence-electron chi connectivity index (χ3n) is 5.83. The minimum atomic E-state index is -0.190. The number of rotatable bonds is 6. The number of carbonyl (C=O) groups excluding carboxylic acids is 1. The average Bonchev–Trinajstić information content (AvgIpc) is 3.21. The summed E-state index contributed by atoms with van der Waals surface area (Å²) in [5.74, 6) is 0.627. The van der Waals surface area contributed by atoms with Gasteiger partial charge in [-0.3, -0.25) is 14.2 Å². The van der Waals surface area contributed by atoms with Crippen LogP contribution in [0.4, 0.5) is 5.69 Å². The van der Waals surface area contributed by atoms with Crippen molar-refractivity contribution in [3.05, 3.63) is 74.3 Å². The fraction of sp³-hybridized carbons (Fsp3) is 0.240. The van der Waals surface area contributed by atoms with Crippen LogP contribution in [-0.2, 0) is 17.8 Å². The number of fused-ring (bicyclic) bond motifs is 3. The number of anilines is 1. The van der Waals surface area contributed by atoms with Crippen LogP contribution >= 0.6 is 34.7 Å². The zero-order chi connectivity index (χ0) is 24.5. The Labute approximate surface area is 215 Å². The van der Waals surface area contributed by atoms with Gasteiger partial charge >= 0.3 is 0 Å². The van der Waals surface area contributed by atoms with Gasteiger partial charge in [-0.25, -0.2) is 4.98 Å². The molecule has 0 unspecified atom stereocenters. The molecule has 0 aliphatic carbocycles. The van der Waals surface area contributed by atoms with Crippen LogP contribution in [0.25, 0.3) is 15.9 Å². The highest BCUT2D eigenvalue weighted by atomic mass is 35.5. The van der Waals surface area contributed by atoms with Crippen LogP contribution in [-0.4, -0.2) is 46.8 Å². The molecule has 4 aromatic rings. The van der Waals surface area contributed by atoms with Crippen LogP contribution in [0.2, 0.25) is 5.02 Å². The van der Waals surface area contributed by atoms with Crippen molar-refractivity contribution < 1.29 is 9.53 Å². The number of thiophene rings is 1. The van der Waals surface area contributed by atoms with Crippen molar-refractivity contribution >= 4 is 56.5 Å². The summed E-state index contributed by atoms with van der Waals surface area (Å²) in [6.45, 7) is 1.71. The maximum atomic E-state index is 13.8. The van der Waals surface area contributed by atoms with Gasteiger partial charge in [-0.05, 0) is 67.6 Å². The highest BCUT2D eigenvalue weighted by molar-refractivity contribution is 7.99. The van der Waals surface area contributed by atoms with Crippen molar-refractivity contribution in [3.63, 3.8) is 0 Å². The third kappa shape index (κ3) is 4.95. The van der Waals surface area contributed by atoms with Crippen LogP contribution in [0.15, 0.2) is 58.5 Å². The number of likely N-dealkylation sites (N-methyl/N-ethyl adjacent to an activating group) is 1. The van der Waals surface area contributed by atoms with Gasteiger partial charge in [0.1, 0.15) is 10.6 Å². The van der Waals surface area contributed by atoms with Gasteiger partial charge in [0.05, 0.1) is 23.9 Å². The number of ether oxygens (including phenoxy) is 1. The molecule has 2 aromatic carbocycles. The maximum Gasteiger partial charge on any atom is 0.267 e. The Bertz CT molecular complexity index is 1450. The standard InChI is InChI=1S/C25H23ClN4O3S2/c1-29-12-11-19-20(13-29)35-23-22(19)24(32)30(17-7-3-15(26)4-8-17)25(28-23)34-14-21(31)27-16-5-9-18(33-2)10-6-16/h3-10H,11-14H2,1-2H3,(H,27,31). The van der Waals surface area contributed by atoms with E-state index < -0.39 is 0 Å². The average molecular weight is 527 g/mol. The first kappa shape index (κ1) is 23.9. The topological polar surface area (TPSA) is 76.5 Å². The van der Waals surface area contributed by atoms with E-state index >= 15 is 0 Å². The Morgan fingerprint density at radius 3 is 2.66 bits per heavy atom. The normalized spacial score (nSPS) is 13.6. The summed E-state index contributed by atoms with van der Waals surface area (Å²) in [5.41, 5.74) is 2.32. The highest BCUT2D eigenvalue weighted by Crippen LogP contribution is 2.34. The predicted octanol–water partition coefficient (Wildman–Crippen LogP) is 4.83. The molecule has 1 aliphatic rings. The molecule has 3 heterocycles. The van der Waals surface area contributed by atoms with Crippen molar-refractivity contribution in [2.45, 2.75) is 18.1 Å². The van der Waals surface area contributed by atoms with Gasteiger partial charge in [0.2, 0.25) is 5.91 Å². The van der Waals surface area contributed by atoms with E-state index in [4.69, 9.17) is 21.3 Å². The monoisotopic (exact) mass is 526 g/mol. The number of carbonyl (C=O) groups is 1. The zero-order valence-electron chi connectivity index (χ0n) is 19.2. The minimum absolute atomic E-state index is 0.103. The molecule has 0 radical (unpaired) electrons. The second kappa shape index (κ2) is 10.0. The number of aromatic nitrogens is 2. The molecular weight excluding hydrogens is 504 g/mol. The number of amides is 1. The maximum absolute atomic E-state index is 13.8. The van der Waals surface area contributed by atoms with Gasteiger partial charge in [0.15, 0.2) is 5.16 Å². The fourth-order valence-electron chi connectivity index (χ4n) is 4.07. The lowest BCUT2D eigenvalue weighted by Gasteiger charge is -2.21. The van der Waals surface area contributed by atoms with Gasteiger partial charge in [-0.2, -0.15) is 0 Å². The van der Waals surface area contributed by atoms with Crippen LogP contribution in [0.3, 0.4) is 0 Å². The van der Waals surface area contributed by atoms with Crippen LogP contribution in [0.5, 0.6) is 5.75 Å². The molecule has 7 nitrogen and oxygen atoms in total. The predicted molar refractivity (Wildman–Crippen MR) is 143 cm³/mol. The smallest absolute Gasteiger partial charge is 0.267 e. The quantitative estimate of drug-likeness (QED) is 0.286. The van der Waals surface area contributed by atoms with E-state index in [9.17, 15) is 9.59 Å². The molecule has 0 atom stereocenters. The number of hydrogen-bond acceptors (Lipinski definition) is 7. The molecule has 0 saturated carbocycles. The number of thioether (sulfide) groups is 1. The molecule has 35 heavy (non-hydrogen) atoms. The van der Waals surface area contributed by atoms with Crippen LogP contribution in [0.1, 0.15) is 10.4 Å². The number of nitrogens with zero attached hydrogens (tertiary/aromatic N) is 3. The van der Waals surface area contributed by atoms with E-state index in [1.54, 1.807) is 71.5 Å². The summed E-state index contributed by atoms with van der Waals surface area (Å²) in [5, 5.41) is 4.61. The molecule has 0 saturated heterocycles. The molecular formula is C25H23ClN4O3S2. The summed E-state index contributed by atoms with van der Waals surface area (Å²) in [6, 6.07) is 14.2. The van der Waals surface area contributed by atoms with Crippen molar-refractivity contribution in [3.8, 4) is 11.4 Å². The van der Waals surface area contributed by atoms with E-state index in [1.807, 2.05) is 0 Å². The molecule has 1 aliphatic heterocycles. The lowest BCUT2D eigenvalue weighted by Crippen LogP contribution is -2.27. The van der Waals surface area contributed by atoms with E-state index in [2.05, 4.69) is 17.3 Å². The lowest BCUT2D eigenvalue weighted by molar-refractivity contribution is -0.113. The minimum Gasteiger partial charge on any atom is -0.497 e. The first-order valence-corrected chi connectivity index (χ1v) is 13.2. The van der Waals surface area contributed by atoms with Gasteiger partial charge in [-0.1, -0.05) is 23.4 Å². The van der Waals surface area contributed by atoms with Crippen LogP contribution in [0, 0.1) is 0 Å². The van der Waals surface area contributed by atoms with Crippen molar-refractivity contribution in [1.29, 1.82) is 0 Å². The van der Waals surface area contributed by atoms with Crippen molar-refractivity contribution in [2.75, 3.05) is 31.8 Å².